The molecule has 2 rings (SSSR count). The maximum Gasteiger partial charge on any atom is 0.101 e. The van der Waals surface area contributed by atoms with Gasteiger partial charge in [-0.15, -0.1) is 0 Å². The van der Waals surface area contributed by atoms with Crippen molar-refractivity contribution in [1.82, 2.24) is 0 Å². The lowest BCUT2D eigenvalue weighted by molar-refractivity contribution is 0.530. The van der Waals surface area contributed by atoms with Gasteiger partial charge in [0.1, 0.15) is 5.76 Å². The summed E-state index contributed by atoms with van der Waals surface area (Å²) in [5.41, 5.74) is 9.78. The number of benzene rings is 1. The highest BCUT2D eigenvalue weighted by atomic mass is 16.3. The van der Waals surface area contributed by atoms with Crippen molar-refractivity contribution in [2.45, 2.75) is 39.2 Å². The van der Waals surface area contributed by atoms with E-state index in [4.69, 9.17) is 10.2 Å². The van der Waals surface area contributed by atoms with Gasteiger partial charge in [0.15, 0.2) is 0 Å². The van der Waals surface area contributed by atoms with Gasteiger partial charge in [0, 0.05) is 5.56 Å². The molecular formula is C16H21NO. The van der Waals surface area contributed by atoms with E-state index in [1.165, 1.54) is 18.4 Å². The highest BCUT2D eigenvalue weighted by Gasteiger charge is 2.10. The van der Waals surface area contributed by atoms with Crippen LogP contribution in [-0.4, -0.2) is 0 Å². The number of nitrogens with two attached hydrogens (primary N) is 1. The minimum atomic E-state index is -0.0947. The lowest BCUT2D eigenvalue weighted by Gasteiger charge is -2.10. The molecule has 1 aromatic carbocycles. The molecule has 0 amide bonds. The van der Waals surface area contributed by atoms with Crippen LogP contribution in [0.3, 0.4) is 0 Å². The number of hydrogen-bond donors (Lipinski definition) is 1. The van der Waals surface area contributed by atoms with Crippen LogP contribution in [0.2, 0.25) is 0 Å². The molecule has 1 heterocycles. The fourth-order valence-corrected chi connectivity index (χ4v) is 2.09. The molecule has 1 unspecified atom stereocenters. The number of hydrogen-bond acceptors (Lipinski definition) is 2. The first-order valence-electron chi connectivity index (χ1n) is 6.60. The number of furan rings is 1. The van der Waals surface area contributed by atoms with Gasteiger partial charge in [-0.1, -0.05) is 37.6 Å². The first kappa shape index (κ1) is 12.9. The van der Waals surface area contributed by atoms with E-state index in [-0.39, 0.29) is 6.04 Å². The molecule has 0 saturated heterocycles. The number of unbranched alkanes of at least 4 members (excludes halogenated alkanes) is 1. The summed E-state index contributed by atoms with van der Waals surface area (Å²) in [4.78, 5) is 0. The van der Waals surface area contributed by atoms with E-state index in [1.807, 2.05) is 13.0 Å². The quantitative estimate of drug-likeness (QED) is 0.862. The van der Waals surface area contributed by atoms with Crippen LogP contribution in [0.4, 0.5) is 0 Å². The van der Waals surface area contributed by atoms with Gasteiger partial charge in [-0.3, -0.25) is 0 Å². The first-order chi connectivity index (χ1) is 8.70. The van der Waals surface area contributed by atoms with Gasteiger partial charge < -0.3 is 10.2 Å². The molecule has 0 aliphatic carbocycles. The topological polar surface area (TPSA) is 39.2 Å². The Bertz CT molecular complexity index is 484. The highest BCUT2D eigenvalue weighted by molar-refractivity contribution is 5.32. The largest absolute Gasteiger partial charge is 0.469 e. The Hall–Kier alpha value is -1.54. The molecule has 2 heteroatoms. The van der Waals surface area contributed by atoms with Crippen LogP contribution in [0.1, 0.15) is 48.3 Å². The van der Waals surface area contributed by atoms with Gasteiger partial charge in [-0.25, -0.2) is 0 Å². The number of rotatable bonds is 5. The fraction of sp³-hybridized carbons (Fsp3) is 0.375. The van der Waals surface area contributed by atoms with Gasteiger partial charge in [0.2, 0.25) is 0 Å². The molecule has 0 aliphatic rings. The Morgan fingerprint density at radius 1 is 1.17 bits per heavy atom. The zero-order valence-corrected chi connectivity index (χ0v) is 11.1. The van der Waals surface area contributed by atoms with Crippen LogP contribution in [0.25, 0.3) is 0 Å². The zero-order valence-electron chi connectivity index (χ0n) is 11.1. The molecule has 2 nitrogen and oxygen atoms in total. The smallest absolute Gasteiger partial charge is 0.101 e. The van der Waals surface area contributed by atoms with Crippen LogP contribution in [-0.2, 0) is 6.42 Å². The van der Waals surface area contributed by atoms with Crippen molar-refractivity contribution in [2.24, 2.45) is 5.73 Å². The molecule has 0 saturated carbocycles. The molecule has 96 valence electrons. The fourth-order valence-electron chi connectivity index (χ4n) is 2.09. The summed E-state index contributed by atoms with van der Waals surface area (Å²) >= 11 is 0. The summed E-state index contributed by atoms with van der Waals surface area (Å²) in [7, 11) is 0. The molecular weight excluding hydrogens is 222 g/mol. The highest BCUT2D eigenvalue weighted by Crippen LogP contribution is 2.22. The number of aryl methyl sites for hydroxylation is 2. The average molecular weight is 243 g/mol. The minimum Gasteiger partial charge on any atom is -0.469 e. The van der Waals surface area contributed by atoms with E-state index in [0.29, 0.717) is 0 Å². The van der Waals surface area contributed by atoms with Crippen LogP contribution in [0.5, 0.6) is 0 Å². The Kier molecular flexibility index (Phi) is 4.21. The van der Waals surface area contributed by atoms with Crippen molar-refractivity contribution in [3.8, 4) is 0 Å². The van der Waals surface area contributed by atoms with Gasteiger partial charge in [0.05, 0.1) is 12.3 Å². The molecule has 2 N–H and O–H groups in total. The third-order valence-corrected chi connectivity index (χ3v) is 3.27. The summed E-state index contributed by atoms with van der Waals surface area (Å²) < 4.78 is 5.30. The van der Waals surface area contributed by atoms with E-state index < -0.39 is 0 Å². The predicted molar refractivity (Wildman–Crippen MR) is 74.5 cm³/mol. The summed E-state index contributed by atoms with van der Waals surface area (Å²) in [5.74, 6) is 0.903. The van der Waals surface area contributed by atoms with Gasteiger partial charge in [0.25, 0.3) is 0 Å². The molecule has 0 aliphatic heterocycles. The van der Waals surface area contributed by atoms with Crippen molar-refractivity contribution in [1.29, 1.82) is 0 Å². The standard InChI is InChI=1S/C16H21NO/c1-3-4-5-13-6-8-14(9-7-13)16(17)15-10-12(2)18-11-15/h6-11,16H,3-5,17H2,1-2H3. The van der Waals surface area contributed by atoms with Gasteiger partial charge >= 0.3 is 0 Å². The third kappa shape index (κ3) is 3.02. The zero-order chi connectivity index (χ0) is 13.0. The normalized spacial score (nSPS) is 12.6. The second-order valence-electron chi connectivity index (χ2n) is 4.81. The van der Waals surface area contributed by atoms with Crippen molar-refractivity contribution in [2.75, 3.05) is 0 Å². The molecule has 2 aromatic rings. The molecule has 0 radical (unpaired) electrons. The molecule has 0 bridgehead atoms. The van der Waals surface area contributed by atoms with E-state index >= 15 is 0 Å². The van der Waals surface area contributed by atoms with Crippen molar-refractivity contribution < 1.29 is 4.42 Å². The van der Waals surface area contributed by atoms with Crippen molar-refractivity contribution in [3.05, 3.63) is 59.0 Å². The summed E-state index contributed by atoms with van der Waals surface area (Å²) in [5, 5.41) is 0. The molecule has 0 fully saturated rings. The maximum atomic E-state index is 6.22. The monoisotopic (exact) mass is 243 g/mol. The van der Waals surface area contributed by atoms with E-state index in [9.17, 15) is 0 Å². The van der Waals surface area contributed by atoms with E-state index in [0.717, 1.165) is 23.3 Å². The Morgan fingerprint density at radius 2 is 1.89 bits per heavy atom. The molecule has 1 aromatic heterocycles. The van der Waals surface area contributed by atoms with Gasteiger partial charge in [-0.05, 0) is 37.0 Å². The lowest BCUT2D eigenvalue weighted by Crippen LogP contribution is -2.10. The predicted octanol–water partition coefficient (Wildman–Crippen LogP) is 3.98. The summed E-state index contributed by atoms with van der Waals surface area (Å²) in [6.45, 7) is 4.15. The molecule has 0 spiro atoms. The second-order valence-corrected chi connectivity index (χ2v) is 4.81. The SMILES string of the molecule is CCCCc1ccc(C(N)c2coc(C)c2)cc1. The van der Waals surface area contributed by atoms with Crippen LogP contribution >= 0.6 is 0 Å². The summed E-state index contributed by atoms with van der Waals surface area (Å²) in [6.07, 6.45) is 5.36. The Labute approximate surface area is 109 Å². The average Bonchev–Trinajstić information content (AvgIpc) is 2.83. The van der Waals surface area contributed by atoms with Crippen LogP contribution in [0, 0.1) is 6.92 Å². The van der Waals surface area contributed by atoms with Crippen molar-refractivity contribution in [3.63, 3.8) is 0 Å². The van der Waals surface area contributed by atoms with Crippen LogP contribution < -0.4 is 5.73 Å². The Morgan fingerprint density at radius 3 is 2.44 bits per heavy atom. The summed E-state index contributed by atoms with van der Waals surface area (Å²) in [6, 6.07) is 10.5. The van der Waals surface area contributed by atoms with Gasteiger partial charge in [-0.2, -0.15) is 0 Å². The molecule has 1 atom stereocenters. The van der Waals surface area contributed by atoms with E-state index in [1.54, 1.807) is 6.26 Å². The second kappa shape index (κ2) is 5.87. The Balaban J connectivity index is 2.09. The first-order valence-corrected chi connectivity index (χ1v) is 6.60. The molecule has 18 heavy (non-hydrogen) atoms. The third-order valence-electron chi connectivity index (χ3n) is 3.27. The van der Waals surface area contributed by atoms with Crippen molar-refractivity contribution >= 4 is 0 Å². The van der Waals surface area contributed by atoms with Crippen LogP contribution in [0.15, 0.2) is 41.0 Å². The van der Waals surface area contributed by atoms with E-state index in [2.05, 4.69) is 31.2 Å². The maximum absolute atomic E-state index is 6.22. The minimum absolute atomic E-state index is 0.0947. The lowest BCUT2D eigenvalue weighted by atomic mass is 9.99.